The molecule has 1 aliphatic heterocycles. The maximum atomic E-state index is 11.9. The lowest BCUT2D eigenvalue weighted by Gasteiger charge is -2.35. The van der Waals surface area contributed by atoms with Crippen LogP contribution in [0.3, 0.4) is 0 Å². The number of benzene rings is 1. The third-order valence-corrected chi connectivity index (χ3v) is 3.99. The van der Waals surface area contributed by atoms with E-state index >= 15 is 0 Å². The summed E-state index contributed by atoms with van der Waals surface area (Å²) in [6, 6.07) is 7.79. The van der Waals surface area contributed by atoms with Gasteiger partial charge in [0.15, 0.2) is 0 Å². The van der Waals surface area contributed by atoms with Crippen molar-refractivity contribution in [2.75, 3.05) is 32.8 Å². The molecule has 0 spiro atoms. The summed E-state index contributed by atoms with van der Waals surface area (Å²) in [6.45, 7) is 5.55. The van der Waals surface area contributed by atoms with E-state index in [1.165, 1.54) is 0 Å². The van der Waals surface area contributed by atoms with Crippen LogP contribution in [0.25, 0.3) is 0 Å². The first-order valence-corrected chi connectivity index (χ1v) is 8.03. The summed E-state index contributed by atoms with van der Waals surface area (Å²) in [6.07, 6.45) is 0.344. The van der Waals surface area contributed by atoms with Crippen molar-refractivity contribution in [3.63, 3.8) is 0 Å². The molecule has 2 rings (SSSR count). The Hall–Kier alpha value is -0.560. The molecule has 0 bridgehead atoms. The van der Waals surface area contributed by atoms with Crippen LogP contribution in [0, 0.1) is 0 Å². The molecule has 1 aromatic carbocycles. The molecule has 1 aliphatic rings. The molecule has 0 aliphatic carbocycles. The van der Waals surface area contributed by atoms with Crippen LogP contribution in [0.5, 0.6) is 0 Å². The van der Waals surface area contributed by atoms with Gasteiger partial charge < -0.3 is 15.8 Å². The number of morpholine rings is 1. The van der Waals surface area contributed by atoms with Crippen molar-refractivity contribution in [3.8, 4) is 0 Å². The monoisotopic (exact) mass is 397 g/mol. The minimum absolute atomic E-state index is 0. The predicted molar refractivity (Wildman–Crippen MR) is 102 cm³/mol. The van der Waals surface area contributed by atoms with Gasteiger partial charge >= 0.3 is 0 Å². The number of rotatable bonds is 6. The third kappa shape index (κ3) is 7.55. The molecule has 1 aromatic rings. The number of hydrogen-bond acceptors (Lipinski definition) is 4. The van der Waals surface area contributed by atoms with Crippen molar-refractivity contribution >= 4 is 42.3 Å². The molecular formula is C16H26Cl3N3O2. The lowest BCUT2D eigenvalue weighted by Crippen LogP contribution is -2.44. The smallest absolute Gasteiger partial charge is 0.221 e. The second-order valence-corrected chi connectivity index (χ2v) is 6.14. The van der Waals surface area contributed by atoms with E-state index in [-0.39, 0.29) is 42.8 Å². The largest absolute Gasteiger partial charge is 0.379 e. The summed E-state index contributed by atoms with van der Waals surface area (Å²) >= 11 is 5.97. The van der Waals surface area contributed by atoms with E-state index in [4.69, 9.17) is 22.1 Å². The van der Waals surface area contributed by atoms with Crippen molar-refractivity contribution in [2.45, 2.75) is 25.4 Å². The van der Waals surface area contributed by atoms with Gasteiger partial charge in [-0.1, -0.05) is 23.7 Å². The maximum Gasteiger partial charge on any atom is 0.221 e. The van der Waals surface area contributed by atoms with Crippen LogP contribution in [0.1, 0.15) is 24.9 Å². The fourth-order valence-electron chi connectivity index (χ4n) is 2.61. The zero-order chi connectivity index (χ0) is 15.9. The second kappa shape index (κ2) is 11.9. The normalized spacial score (nSPS) is 17.1. The van der Waals surface area contributed by atoms with E-state index < -0.39 is 0 Å². The van der Waals surface area contributed by atoms with Gasteiger partial charge in [-0.3, -0.25) is 9.69 Å². The van der Waals surface area contributed by atoms with Crippen molar-refractivity contribution in [1.82, 2.24) is 10.2 Å². The number of amides is 1. The Balaban J connectivity index is 0.00000264. The molecule has 3 N–H and O–H groups in total. The van der Waals surface area contributed by atoms with Gasteiger partial charge in [-0.2, -0.15) is 0 Å². The number of carbonyl (C=O) groups excluding carboxylic acids is 1. The molecule has 1 fully saturated rings. The van der Waals surface area contributed by atoms with E-state index in [1.54, 1.807) is 0 Å². The number of ether oxygens (including phenoxy) is 1. The number of nitrogens with one attached hydrogen (secondary N) is 1. The zero-order valence-corrected chi connectivity index (χ0v) is 16.1. The van der Waals surface area contributed by atoms with Crippen LogP contribution in [0.4, 0.5) is 0 Å². The van der Waals surface area contributed by atoms with Crippen LogP contribution in [-0.4, -0.2) is 49.7 Å². The highest BCUT2D eigenvalue weighted by Gasteiger charge is 2.23. The summed E-state index contributed by atoms with van der Waals surface area (Å²) in [5, 5.41) is 3.70. The van der Waals surface area contributed by atoms with Gasteiger partial charge in [0.2, 0.25) is 5.91 Å². The Bertz CT molecular complexity index is 480. The average molecular weight is 399 g/mol. The molecule has 8 heteroatoms. The van der Waals surface area contributed by atoms with Gasteiger partial charge in [0.25, 0.3) is 0 Å². The van der Waals surface area contributed by atoms with E-state index in [0.29, 0.717) is 18.0 Å². The Morgan fingerprint density at radius 1 is 1.29 bits per heavy atom. The Labute approximate surface area is 161 Å². The summed E-state index contributed by atoms with van der Waals surface area (Å²) < 4.78 is 5.42. The Morgan fingerprint density at radius 3 is 2.42 bits per heavy atom. The lowest BCUT2D eigenvalue weighted by molar-refractivity contribution is -0.121. The first kappa shape index (κ1) is 23.4. The first-order valence-electron chi connectivity index (χ1n) is 7.66. The Morgan fingerprint density at radius 2 is 1.88 bits per heavy atom. The molecule has 2 atom stereocenters. The number of carbonyl (C=O) groups is 1. The van der Waals surface area contributed by atoms with Gasteiger partial charge in [0, 0.05) is 37.1 Å². The SMILES string of the molecule is CC(N)CC(=O)NCC(c1ccc(Cl)cc1)N1CCOCC1.Cl.Cl. The van der Waals surface area contributed by atoms with Gasteiger partial charge in [-0.25, -0.2) is 0 Å². The number of nitrogens with two attached hydrogens (primary N) is 1. The van der Waals surface area contributed by atoms with Crippen LogP contribution in [-0.2, 0) is 9.53 Å². The average Bonchev–Trinajstić information content (AvgIpc) is 2.49. The van der Waals surface area contributed by atoms with Crippen molar-refractivity contribution < 1.29 is 9.53 Å². The zero-order valence-electron chi connectivity index (χ0n) is 13.7. The fourth-order valence-corrected chi connectivity index (χ4v) is 2.73. The van der Waals surface area contributed by atoms with Crippen molar-refractivity contribution in [1.29, 1.82) is 0 Å². The number of hydrogen-bond donors (Lipinski definition) is 2. The highest BCUT2D eigenvalue weighted by Crippen LogP contribution is 2.23. The summed E-state index contributed by atoms with van der Waals surface area (Å²) in [5.74, 6) is -0.0118. The van der Waals surface area contributed by atoms with Crippen molar-refractivity contribution in [2.24, 2.45) is 5.73 Å². The maximum absolute atomic E-state index is 11.9. The van der Waals surface area contributed by atoms with Gasteiger partial charge in [-0.05, 0) is 24.6 Å². The minimum atomic E-state index is -0.127. The molecule has 5 nitrogen and oxygen atoms in total. The molecule has 0 saturated carbocycles. The number of halogens is 3. The van der Waals surface area contributed by atoms with E-state index in [9.17, 15) is 4.79 Å². The fraction of sp³-hybridized carbons (Fsp3) is 0.562. The van der Waals surface area contributed by atoms with Crippen LogP contribution in [0.15, 0.2) is 24.3 Å². The quantitative estimate of drug-likeness (QED) is 0.772. The molecule has 138 valence electrons. The first-order chi connectivity index (χ1) is 10.6. The van der Waals surface area contributed by atoms with Gasteiger partial charge in [0.1, 0.15) is 0 Å². The molecule has 0 aromatic heterocycles. The molecule has 2 unspecified atom stereocenters. The molecule has 1 heterocycles. The lowest BCUT2D eigenvalue weighted by atomic mass is 10.0. The molecule has 1 amide bonds. The van der Waals surface area contributed by atoms with Gasteiger partial charge in [-0.15, -0.1) is 24.8 Å². The molecule has 24 heavy (non-hydrogen) atoms. The molecule has 1 saturated heterocycles. The van der Waals surface area contributed by atoms with Gasteiger partial charge in [0.05, 0.1) is 19.3 Å². The topological polar surface area (TPSA) is 67.6 Å². The molecular weight excluding hydrogens is 373 g/mol. The van der Waals surface area contributed by atoms with Crippen LogP contribution >= 0.6 is 36.4 Å². The molecule has 0 radical (unpaired) electrons. The number of nitrogens with zero attached hydrogens (tertiary/aromatic N) is 1. The highest BCUT2D eigenvalue weighted by molar-refractivity contribution is 6.30. The second-order valence-electron chi connectivity index (χ2n) is 5.70. The third-order valence-electron chi connectivity index (χ3n) is 3.74. The van der Waals surface area contributed by atoms with E-state index in [0.717, 1.165) is 31.9 Å². The van der Waals surface area contributed by atoms with Crippen molar-refractivity contribution in [3.05, 3.63) is 34.9 Å². The summed E-state index contributed by atoms with van der Waals surface area (Å²) in [5.41, 5.74) is 6.81. The predicted octanol–water partition coefficient (Wildman–Crippen LogP) is 2.41. The van der Waals surface area contributed by atoms with E-state index in [1.807, 2.05) is 31.2 Å². The highest BCUT2D eigenvalue weighted by atomic mass is 35.5. The summed E-state index contributed by atoms with van der Waals surface area (Å²) in [7, 11) is 0. The standard InChI is InChI=1S/C16H24ClN3O2.2ClH/c1-12(18)10-16(21)19-11-15(20-6-8-22-9-7-20)13-2-4-14(17)5-3-13;;/h2-5,12,15H,6-11,18H2,1H3,(H,19,21);2*1H. The van der Waals surface area contributed by atoms with E-state index in [2.05, 4.69) is 10.2 Å². The van der Waals surface area contributed by atoms with Crippen LogP contribution in [0.2, 0.25) is 5.02 Å². The van der Waals surface area contributed by atoms with Crippen LogP contribution < -0.4 is 11.1 Å². The minimum Gasteiger partial charge on any atom is -0.379 e. The summed E-state index contributed by atoms with van der Waals surface area (Å²) in [4.78, 5) is 14.2. The Kier molecular flexibility index (Phi) is 11.6.